The molecule has 1 aliphatic rings. The molecule has 0 saturated carbocycles. The standard InChI is InChI=1S/C18H20N2O3S/c21-17(8-7-14-4-3-13-24-14)19-16-6-2-1-5-15(16)18(22)20-9-11-23-12-10-20/h1-6,13H,7-12H2,(H,19,21). The number of nitrogens with zero attached hydrogens (tertiary/aromatic N) is 1. The van der Waals surface area contributed by atoms with Gasteiger partial charge in [0.05, 0.1) is 24.5 Å². The molecule has 1 N–H and O–H groups in total. The van der Waals surface area contributed by atoms with Crippen molar-refractivity contribution in [1.82, 2.24) is 4.90 Å². The third kappa shape index (κ3) is 4.21. The lowest BCUT2D eigenvalue weighted by molar-refractivity contribution is -0.116. The predicted molar refractivity (Wildman–Crippen MR) is 94.4 cm³/mol. The van der Waals surface area contributed by atoms with E-state index in [9.17, 15) is 9.59 Å². The minimum Gasteiger partial charge on any atom is -0.378 e. The molecule has 1 aliphatic heterocycles. The van der Waals surface area contributed by atoms with Crippen molar-refractivity contribution >= 4 is 28.8 Å². The van der Waals surface area contributed by atoms with Gasteiger partial charge in [0.2, 0.25) is 5.91 Å². The molecular weight excluding hydrogens is 324 g/mol. The Hall–Kier alpha value is -2.18. The van der Waals surface area contributed by atoms with Crippen LogP contribution in [-0.4, -0.2) is 43.0 Å². The summed E-state index contributed by atoms with van der Waals surface area (Å²) in [5.41, 5.74) is 1.11. The molecule has 0 radical (unpaired) electrons. The number of nitrogens with one attached hydrogen (secondary N) is 1. The van der Waals surface area contributed by atoms with Gasteiger partial charge in [-0.3, -0.25) is 9.59 Å². The van der Waals surface area contributed by atoms with Crippen molar-refractivity contribution in [3.05, 3.63) is 52.2 Å². The summed E-state index contributed by atoms with van der Waals surface area (Å²) in [6.45, 7) is 2.28. The van der Waals surface area contributed by atoms with Crippen LogP contribution in [0.2, 0.25) is 0 Å². The number of carbonyl (C=O) groups excluding carboxylic acids is 2. The molecular formula is C18H20N2O3S. The number of hydrogen-bond acceptors (Lipinski definition) is 4. The highest BCUT2D eigenvalue weighted by atomic mass is 32.1. The normalized spacial score (nSPS) is 14.4. The van der Waals surface area contributed by atoms with Gasteiger partial charge in [-0.05, 0) is 30.0 Å². The number of hydrogen-bond donors (Lipinski definition) is 1. The van der Waals surface area contributed by atoms with Crippen molar-refractivity contribution in [3.63, 3.8) is 0 Å². The SMILES string of the molecule is O=C(CCc1cccs1)Nc1ccccc1C(=O)N1CCOCC1. The van der Waals surface area contributed by atoms with Gasteiger partial charge in [0.25, 0.3) is 5.91 Å². The molecule has 0 atom stereocenters. The van der Waals surface area contributed by atoms with E-state index in [2.05, 4.69) is 5.32 Å². The first-order chi connectivity index (χ1) is 11.7. The lowest BCUT2D eigenvalue weighted by Gasteiger charge is -2.27. The number of rotatable bonds is 5. The first kappa shape index (κ1) is 16.7. The van der Waals surface area contributed by atoms with Crippen LogP contribution in [0.1, 0.15) is 21.7 Å². The molecule has 1 fully saturated rings. The minimum absolute atomic E-state index is 0.0625. The monoisotopic (exact) mass is 344 g/mol. The van der Waals surface area contributed by atoms with Crippen LogP contribution in [0, 0.1) is 0 Å². The fourth-order valence-electron chi connectivity index (χ4n) is 2.62. The van der Waals surface area contributed by atoms with E-state index in [0.717, 1.165) is 0 Å². The fraction of sp³-hybridized carbons (Fsp3) is 0.333. The summed E-state index contributed by atoms with van der Waals surface area (Å²) in [5, 5.41) is 4.88. The molecule has 1 aromatic carbocycles. The van der Waals surface area contributed by atoms with Gasteiger partial charge in [0.1, 0.15) is 0 Å². The van der Waals surface area contributed by atoms with Gasteiger partial charge in [-0.1, -0.05) is 18.2 Å². The summed E-state index contributed by atoms with van der Waals surface area (Å²) >= 11 is 1.65. The topological polar surface area (TPSA) is 58.6 Å². The van der Waals surface area contributed by atoms with Gasteiger partial charge in [-0.2, -0.15) is 0 Å². The molecule has 6 heteroatoms. The van der Waals surface area contributed by atoms with E-state index >= 15 is 0 Å². The maximum atomic E-state index is 12.7. The maximum absolute atomic E-state index is 12.7. The van der Waals surface area contributed by atoms with Crippen molar-refractivity contribution in [2.75, 3.05) is 31.6 Å². The lowest BCUT2D eigenvalue weighted by atomic mass is 10.1. The Bertz CT molecular complexity index is 694. The van der Waals surface area contributed by atoms with Gasteiger partial charge >= 0.3 is 0 Å². The summed E-state index contributed by atoms with van der Waals surface area (Å²) < 4.78 is 5.29. The van der Waals surface area contributed by atoms with Gasteiger partial charge in [0, 0.05) is 24.4 Å². The maximum Gasteiger partial charge on any atom is 0.256 e. The number of aryl methyl sites for hydroxylation is 1. The minimum atomic E-state index is -0.0781. The number of amides is 2. The zero-order chi connectivity index (χ0) is 16.8. The van der Waals surface area contributed by atoms with E-state index in [0.29, 0.717) is 50.4 Å². The molecule has 2 aromatic rings. The number of morpholine rings is 1. The van der Waals surface area contributed by atoms with E-state index in [1.54, 1.807) is 28.4 Å². The molecule has 0 spiro atoms. The third-order valence-electron chi connectivity index (χ3n) is 3.91. The van der Waals surface area contributed by atoms with Crippen molar-refractivity contribution in [2.24, 2.45) is 0 Å². The highest BCUT2D eigenvalue weighted by Gasteiger charge is 2.21. The van der Waals surface area contributed by atoms with Gasteiger partial charge in [0.15, 0.2) is 0 Å². The van der Waals surface area contributed by atoms with Crippen LogP contribution in [0.5, 0.6) is 0 Å². The molecule has 0 bridgehead atoms. The van der Waals surface area contributed by atoms with E-state index in [1.165, 1.54) is 4.88 Å². The molecule has 24 heavy (non-hydrogen) atoms. The number of thiophene rings is 1. The summed E-state index contributed by atoms with van der Waals surface area (Å²) in [5.74, 6) is -0.141. The fourth-order valence-corrected chi connectivity index (χ4v) is 3.33. The number of ether oxygens (including phenoxy) is 1. The Morgan fingerprint density at radius 2 is 1.92 bits per heavy atom. The second-order valence-corrected chi connectivity index (χ2v) is 6.61. The number of carbonyl (C=O) groups is 2. The van der Waals surface area contributed by atoms with Gasteiger partial charge in [-0.15, -0.1) is 11.3 Å². The van der Waals surface area contributed by atoms with Crippen LogP contribution in [0.3, 0.4) is 0 Å². The smallest absolute Gasteiger partial charge is 0.256 e. The van der Waals surface area contributed by atoms with Crippen molar-refractivity contribution in [2.45, 2.75) is 12.8 Å². The molecule has 0 aliphatic carbocycles. The largest absolute Gasteiger partial charge is 0.378 e. The summed E-state index contributed by atoms with van der Waals surface area (Å²) in [6, 6.07) is 11.2. The van der Waals surface area contributed by atoms with E-state index < -0.39 is 0 Å². The van der Waals surface area contributed by atoms with Crippen molar-refractivity contribution in [1.29, 1.82) is 0 Å². The second kappa shape index (κ2) is 8.08. The van der Waals surface area contributed by atoms with Crippen molar-refractivity contribution in [3.8, 4) is 0 Å². The molecule has 3 rings (SSSR count). The van der Waals surface area contributed by atoms with Crippen molar-refractivity contribution < 1.29 is 14.3 Å². The van der Waals surface area contributed by atoms with Crippen LogP contribution in [0.15, 0.2) is 41.8 Å². The first-order valence-electron chi connectivity index (χ1n) is 8.02. The molecule has 0 unspecified atom stereocenters. The van der Waals surface area contributed by atoms with Crippen LogP contribution >= 0.6 is 11.3 Å². The summed E-state index contributed by atoms with van der Waals surface area (Å²) in [4.78, 5) is 27.8. The van der Waals surface area contributed by atoms with Crippen LogP contribution in [0.4, 0.5) is 5.69 Å². The quantitative estimate of drug-likeness (QED) is 0.907. The van der Waals surface area contributed by atoms with Gasteiger partial charge in [-0.25, -0.2) is 0 Å². The zero-order valence-electron chi connectivity index (χ0n) is 13.4. The Balaban J connectivity index is 1.64. The van der Waals surface area contributed by atoms with Crippen LogP contribution in [-0.2, 0) is 16.0 Å². The highest BCUT2D eigenvalue weighted by Crippen LogP contribution is 2.19. The lowest BCUT2D eigenvalue weighted by Crippen LogP contribution is -2.41. The van der Waals surface area contributed by atoms with E-state index in [1.807, 2.05) is 29.6 Å². The molecule has 126 valence electrons. The highest BCUT2D eigenvalue weighted by molar-refractivity contribution is 7.09. The van der Waals surface area contributed by atoms with E-state index in [-0.39, 0.29) is 11.8 Å². The van der Waals surface area contributed by atoms with Crippen LogP contribution in [0.25, 0.3) is 0 Å². The Kier molecular flexibility index (Phi) is 5.61. The van der Waals surface area contributed by atoms with Crippen LogP contribution < -0.4 is 5.32 Å². The first-order valence-corrected chi connectivity index (χ1v) is 8.90. The van der Waals surface area contributed by atoms with E-state index in [4.69, 9.17) is 4.74 Å². The summed E-state index contributed by atoms with van der Waals surface area (Å²) in [6.07, 6.45) is 1.11. The average molecular weight is 344 g/mol. The number of anilines is 1. The Morgan fingerprint density at radius 3 is 2.67 bits per heavy atom. The second-order valence-electron chi connectivity index (χ2n) is 5.58. The average Bonchev–Trinajstić information content (AvgIpc) is 3.14. The Morgan fingerprint density at radius 1 is 1.12 bits per heavy atom. The molecule has 2 heterocycles. The summed E-state index contributed by atoms with van der Waals surface area (Å²) in [7, 11) is 0. The zero-order valence-corrected chi connectivity index (χ0v) is 14.2. The molecule has 2 amide bonds. The Labute approximate surface area is 145 Å². The molecule has 5 nitrogen and oxygen atoms in total. The third-order valence-corrected chi connectivity index (χ3v) is 4.84. The predicted octanol–water partition coefficient (Wildman–Crippen LogP) is 2.79. The molecule has 1 saturated heterocycles. The number of para-hydroxylation sites is 1. The number of benzene rings is 1. The molecule has 1 aromatic heterocycles. The van der Waals surface area contributed by atoms with Gasteiger partial charge < -0.3 is 15.0 Å².